The fraction of sp³-hybridized carbons (Fsp3) is 0.419. The van der Waals surface area contributed by atoms with Gasteiger partial charge in [0.1, 0.15) is 6.54 Å². The maximum atomic E-state index is 13.7. The number of amides is 2. The molecule has 0 fully saturated rings. The molecule has 0 bridgehead atoms. The monoisotopic (exact) mass is 552 g/mol. The van der Waals surface area contributed by atoms with Crippen LogP contribution in [0.25, 0.3) is 0 Å². The molecule has 0 aliphatic carbocycles. The fourth-order valence-corrected chi connectivity index (χ4v) is 5.15. The molecule has 2 aromatic carbocycles. The van der Waals surface area contributed by atoms with Crippen LogP contribution in [0.3, 0.4) is 0 Å². The van der Waals surface area contributed by atoms with Gasteiger partial charge in [-0.05, 0) is 75.6 Å². The molecule has 0 atom stereocenters. The van der Waals surface area contributed by atoms with E-state index in [4.69, 9.17) is 14.2 Å². The summed E-state index contributed by atoms with van der Waals surface area (Å²) in [4.78, 5) is 33.0. The van der Waals surface area contributed by atoms with Gasteiger partial charge in [-0.15, -0.1) is 11.3 Å². The lowest BCUT2D eigenvalue weighted by Crippen LogP contribution is -2.44. The molecule has 0 radical (unpaired) electrons. The van der Waals surface area contributed by atoms with Crippen LogP contribution in [0.5, 0.6) is 11.5 Å². The second-order valence-corrected chi connectivity index (χ2v) is 10.8. The first-order valence-electron chi connectivity index (χ1n) is 13.3. The zero-order valence-electron chi connectivity index (χ0n) is 23.7. The van der Waals surface area contributed by atoms with Crippen molar-refractivity contribution in [1.29, 1.82) is 0 Å². The van der Waals surface area contributed by atoms with Crippen LogP contribution in [-0.2, 0) is 22.5 Å². The first kappa shape index (κ1) is 30.2. The Morgan fingerprint density at radius 2 is 1.62 bits per heavy atom. The van der Waals surface area contributed by atoms with Crippen molar-refractivity contribution in [3.63, 3.8) is 0 Å². The zero-order valence-corrected chi connectivity index (χ0v) is 24.5. The van der Waals surface area contributed by atoms with Crippen molar-refractivity contribution >= 4 is 23.2 Å². The van der Waals surface area contributed by atoms with Crippen LogP contribution in [0.2, 0.25) is 0 Å². The quantitative estimate of drug-likeness (QED) is 0.232. The Labute approximate surface area is 236 Å². The van der Waals surface area contributed by atoms with E-state index < -0.39 is 0 Å². The molecule has 0 saturated carbocycles. The van der Waals surface area contributed by atoms with Crippen molar-refractivity contribution in [1.82, 2.24) is 9.80 Å². The predicted molar refractivity (Wildman–Crippen MR) is 156 cm³/mol. The molecule has 1 heterocycles. The summed E-state index contributed by atoms with van der Waals surface area (Å²) in [5.74, 6) is 1.09. The highest BCUT2D eigenvalue weighted by atomic mass is 32.1. The van der Waals surface area contributed by atoms with Crippen LogP contribution >= 0.6 is 11.3 Å². The summed E-state index contributed by atoms with van der Waals surface area (Å²) in [6.07, 6.45) is 1.31. The van der Waals surface area contributed by atoms with E-state index in [9.17, 15) is 9.59 Å². The third-order valence-electron chi connectivity index (χ3n) is 6.45. The van der Waals surface area contributed by atoms with Gasteiger partial charge in [0.05, 0.1) is 20.8 Å². The minimum Gasteiger partial charge on any atom is -0.493 e. The largest absolute Gasteiger partial charge is 0.493 e. The van der Waals surface area contributed by atoms with E-state index in [1.165, 1.54) is 4.88 Å². The molecule has 210 valence electrons. The molecule has 0 saturated heterocycles. The van der Waals surface area contributed by atoms with Crippen molar-refractivity contribution in [3.8, 4) is 11.5 Å². The Bertz CT molecular complexity index is 1210. The molecule has 0 aliphatic rings. The molecule has 0 aliphatic heterocycles. The van der Waals surface area contributed by atoms with E-state index in [1.807, 2.05) is 61.2 Å². The van der Waals surface area contributed by atoms with Crippen LogP contribution in [-0.4, -0.2) is 68.7 Å². The summed E-state index contributed by atoms with van der Waals surface area (Å²) < 4.78 is 16.3. The van der Waals surface area contributed by atoms with E-state index in [0.29, 0.717) is 62.8 Å². The molecule has 3 rings (SSSR count). The Balaban J connectivity index is 1.78. The zero-order chi connectivity index (χ0) is 28.2. The first-order valence-corrected chi connectivity index (χ1v) is 14.1. The molecule has 39 heavy (non-hydrogen) atoms. The SMILES string of the molecule is CCOCCCN(CC(=O)N(CCc1ccc(OC)c(OC)c1)Cc1ccc(C)s1)C(=O)c1ccc(C)cc1. The van der Waals surface area contributed by atoms with Gasteiger partial charge in [-0.3, -0.25) is 9.59 Å². The average molecular weight is 553 g/mol. The maximum absolute atomic E-state index is 13.7. The molecule has 2 amide bonds. The summed E-state index contributed by atoms with van der Waals surface area (Å²) >= 11 is 1.68. The van der Waals surface area contributed by atoms with Crippen LogP contribution in [0.1, 0.15) is 44.6 Å². The lowest BCUT2D eigenvalue weighted by atomic mass is 10.1. The van der Waals surface area contributed by atoms with E-state index in [-0.39, 0.29) is 18.4 Å². The summed E-state index contributed by atoms with van der Waals surface area (Å²) in [5.41, 5.74) is 2.70. The third kappa shape index (κ3) is 9.11. The number of thiophene rings is 1. The maximum Gasteiger partial charge on any atom is 0.254 e. The first-order chi connectivity index (χ1) is 18.8. The molecule has 8 heteroatoms. The summed E-state index contributed by atoms with van der Waals surface area (Å²) in [6.45, 7) is 8.61. The van der Waals surface area contributed by atoms with Crippen LogP contribution in [0.4, 0.5) is 0 Å². The Morgan fingerprint density at radius 3 is 2.26 bits per heavy atom. The number of aryl methyl sites for hydroxylation is 2. The number of nitrogens with zero attached hydrogens (tertiary/aromatic N) is 2. The second-order valence-electron chi connectivity index (χ2n) is 9.41. The topological polar surface area (TPSA) is 68.3 Å². The second kappa shape index (κ2) is 15.3. The molecule has 3 aromatic rings. The minimum absolute atomic E-state index is 0.00905. The number of hydrogen-bond donors (Lipinski definition) is 0. The minimum atomic E-state index is -0.147. The van der Waals surface area contributed by atoms with E-state index in [0.717, 1.165) is 16.0 Å². The van der Waals surface area contributed by atoms with E-state index in [1.54, 1.807) is 30.5 Å². The Hall–Kier alpha value is -3.36. The number of carbonyl (C=O) groups excluding carboxylic acids is 2. The summed E-state index contributed by atoms with van der Waals surface area (Å²) in [5, 5.41) is 0. The van der Waals surface area contributed by atoms with Gasteiger partial charge in [0, 0.05) is 41.6 Å². The predicted octanol–water partition coefficient (Wildman–Crippen LogP) is 5.52. The summed E-state index contributed by atoms with van der Waals surface area (Å²) in [7, 11) is 3.22. The fourth-order valence-electron chi connectivity index (χ4n) is 4.25. The Morgan fingerprint density at radius 1 is 0.872 bits per heavy atom. The number of hydrogen-bond acceptors (Lipinski definition) is 6. The van der Waals surface area contributed by atoms with Crippen LogP contribution in [0.15, 0.2) is 54.6 Å². The van der Waals surface area contributed by atoms with Crippen LogP contribution in [0, 0.1) is 13.8 Å². The van der Waals surface area contributed by atoms with E-state index >= 15 is 0 Å². The number of rotatable bonds is 15. The van der Waals surface area contributed by atoms with Crippen molar-refractivity contribution < 1.29 is 23.8 Å². The van der Waals surface area contributed by atoms with Gasteiger partial charge in [-0.1, -0.05) is 23.8 Å². The number of carbonyl (C=O) groups is 2. The van der Waals surface area contributed by atoms with Gasteiger partial charge in [-0.2, -0.15) is 0 Å². The Kier molecular flexibility index (Phi) is 11.8. The van der Waals surface area contributed by atoms with Crippen molar-refractivity contribution in [3.05, 3.63) is 81.0 Å². The van der Waals surface area contributed by atoms with Crippen LogP contribution < -0.4 is 9.47 Å². The van der Waals surface area contributed by atoms with Gasteiger partial charge in [0.15, 0.2) is 11.5 Å². The highest BCUT2D eigenvalue weighted by Gasteiger charge is 2.23. The molecule has 0 spiro atoms. The standard InChI is InChI=1S/C31H40N2O5S/c1-6-38-19-7-17-33(31(35)26-12-8-23(2)9-13-26)22-30(34)32(21-27-14-10-24(3)39-27)18-16-25-11-15-28(36-4)29(20-25)37-5/h8-15,20H,6-7,16-19,21-22H2,1-5H3. The average Bonchev–Trinajstić information content (AvgIpc) is 3.36. The van der Waals surface area contributed by atoms with Gasteiger partial charge in [-0.25, -0.2) is 0 Å². The van der Waals surface area contributed by atoms with Gasteiger partial charge < -0.3 is 24.0 Å². The molecule has 7 nitrogen and oxygen atoms in total. The highest BCUT2D eigenvalue weighted by molar-refractivity contribution is 7.11. The lowest BCUT2D eigenvalue weighted by Gasteiger charge is -2.28. The van der Waals surface area contributed by atoms with Gasteiger partial charge >= 0.3 is 0 Å². The molecule has 0 unspecified atom stereocenters. The number of benzene rings is 2. The molecular weight excluding hydrogens is 512 g/mol. The van der Waals surface area contributed by atoms with E-state index in [2.05, 4.69) is 19.1 Å². The highest BCUT2D eigenvalue weighted by Crippen LogP contribution is 2.28. The van der Waals surface area contributed by atoms with Crippen molar-refractivity contribution in [2.45, 2.75) is 40.2 Å². The molecule has 1 aromatic heterocycles. The van der Waals surface area contributed by atoms with Gasteiger partial charge in [0.25, 0.3) is 5.91 Å². The van der Waals surface area contributed by atoms with Crippen molar-refractivity contribution in [2.75, 3.05) is 47.1 Å². The number of methoxy groups -OCH3 is 2. The summed E-state index contributed by atoms with van der Waals surface area (Å²) in [6, 6.07) is 17.4. The number of ether oxygens (including phenoxy) is 3. The normalized spacial score (nSPS) is 10.8. The third-order valence-corrected chi connectivity index (χ3v) is 7.43. The van der Waals surface area contributed by atoms with Crippen molar-refractivity contribution in [2.24, 2.45) is 0 Å². The smallest absolute Gasteiger partial charge is 0.254 e. The molecular formula is C31H40N2O5S. The van der Waals surface area contributed by atoms with Gasteiger partial charge in [0.2, 0.25) is 5.91 Å². The lowest BCUT2D eigenvalue weighted by molar-refractivity contribution is -0.132. The molecule has 0 N–H and O–H groups in total.